The number of nitrogens with zero attached hydrogens (tertiary/aromatic N) is 1. The molecule has 38 heavy (non-hydrogen) atoms. The molecule has 0 aromatic heterocycles. The topological polar surface area (TPSA) is 23.5 Å². The molecule has 0 heterocycles. The van der Waals surface area contributed by atoms with Gasteiger partial charge in [0, 0.05) is 19.7 Å². The van der Waals surface area contributed by atoms with Crippen LogP contribution in [0.25, 0.3) is 0 Å². The van der Waals surface area contributed by atoms with Crippen molar-refractivity contribution in [1.29, 1.82) is 0 Å². The highest BCUT2D eigenvalue weighted by Crippen LogP contribution is 2.22. The zero-order valence-corrected chi connectivity index (χ0v) is 26.7. The third-order valence-electron chi connectivity index (χ3n) is 8.14. The van der Waals surface area contributed by atoms with Gasteiger partial charge in [-0.15, -0.1) is 0 Å². The summed E-state index contributed by atoms with van der Waals surface area (Å²) in [6.07, 6.45) is 38.7. The second-order valence-electron chi connectivity index (χ2n) is 12.1. The zero-order chi connectivity index (χ0) is 27.9. The standard InChI is InChI=1S/C36H71NO/c1-5-8-11-13-14-15-16-17-18-19-20-21-22-23-24-27-35(4)34-37(31-26-33-38)32-30-36(28-10-7-3)29-25-12-9-6-2/h14-15,17-18,35-36,38H,5-13,16,19-34H2,1-4H3/b15-14-,18-17-/t35-,36?/m1/s1. The van der Waals surface area contributed by atoms with E-state index in [0.717, 1.165) is 31.2 Å². The molecule has 0 aromatic rings. The Labute approximate surface area is 241 Å². The van der Waals surface area contributed by atoms with Gasteiger partial charge in [0.05, 0.1) is 0 Å². The number of unbranched alkanes of at least 4 members (excludes halogenated alkanes) is 12. The highest BCUT2D eigenvalue weighted by Gasteiger charge is 2.14. The maximum Gasteiger partial charge on any atom is 0.0443 e. The second-order valence-corrected chi connectivity index (χ2v) is 12.1. The van der Waals surface area contributed by atoms with Crippen LogP contribution in [0.1, 0.15) is 169 Å². The van der Waals surface area contributed by atoms with Crippen molar-refractivity contribution in [3.8, 4) is 0 Å². The van der Waals surface area contributed by atoms with Crippen molar-refractivity contribution in [2.45, 2.75) is 169 Å². The Hall–Kier alpha value is -0.600. The molecule has 0 fully saturated rings. The molecular formula is C36H71NO. The maximum absolute atomic E-state index is 9.43. The summed E-state index contributed by atoms with van der Waals surface area (Å²) in [5.74, 6) is 1.67. The summed E-state index contributed by atoms with van der Waals surface area (Å²) < 4.78 is 0. The van der Waals surface area contributed by atoms with Gasteiger partial charge in [0.1, 0.15) is 0 Å². The van der Waals surface area contributed by atoms with Crippen molar-refractivity contribution in [2.24, 2.45) is 11.8 Å². The Morgan fingerprint density at radius 1 is 0.553 bits per heavy atom. The van der Waals surface area contributed by atoms with Crippen molar-refractivity contribution in [1.82, 2.24) is 4.90 Å². The molecule has 2 nitrogen and oxygen atoms in total. The molecule has 0 amide bonds. The molecule has 1 N–H and O–H groups in total. The average molecular weight is 534 g/mol. The molecule has 226 valence electrons. The monoisotopic (exact) mass is 534 g/mol. The van der Waals surface area contributed by atoms with E-state index < -0.39 is 0 Å². The van der Waals surface area contributed by atoms with Crippen molar-refractivity contribution < 1.29 is 5.11 Å². The van der Waals surface area contributed by atoms with Crippen molar-refractivity contribution >= 4 is 0 Å². The summed E-state index contributed by atoms with van der Waals surface area (Å²) in [7, 11) is 0. The lowest BCUT2D eigenvalue weighted by Gasteiger charge is -2.28. The summed E-state index contributed by atoms with van der Waals surface area (Å²) in [4.78, 5) is 2.68. The van der Waals surface area contributed by atoms with Gasteiger partial charge in [-0.1, -0.05) is 142 Å². The first-order valence-electron chi connectivity index (χ1n) is 17.3. The third-order valence-corrected chi connectivity index (χ3v) is 8.14. The third kappa shape index (κ3) is 27.0. The lowest BCUT2D eigenvalue weighted by molar-refractivity contribution is 0.185. The van der Waals surface area contributed by atoms with Gasteiger partial charge in [0.15, 0.2) is 0 Å². The van der Waals surface area contributed by atoms with Gasteiger partial charge >= 0.3 is 0 Å². The Morgan fingerprint density at radius 3 is 1.79 bits per heavy atom. The Balaban J connectivity index is 4.04. The normalized spacial score (nSPS) is 13.8. The van der Waals surface area contributed by atoms with E-state index in [0.29, 0.717) is 6.61 Å². The summed E-state index contributed by atoms with van der Waals surface area (Å²) in [5.41, 5.74) is 0. The summed E-state index contributed by atoms with van der Waals surface area (Å²) >= 11 is 0. The molecule has 2 atom stereocenters. The largest absolute Gasteiger partial charge is 0.396 e. The van der Waals surface area contributed by atoms with Gasteiger partial charge in [0.25, 0.3) is 0 Å². The van der Waals surface area contributed by atoms with E-state index >= 15 is 0 Å². The van der Waals surface area contributed by atoms with Gasteiger partial charge in [-0.05, 0) is 69.7 Å². The van der Waals surface area contributed by atoms with E-state index in [-0.39, 0.29) is 0 Å². The van der Waals surface area contributed by atoms with Gasteiger partial charge < -0.3 is 10.0 Å². The molecule has 1 unspecified atom stereocenters. The minimum absolute atomic E-state index is 0.325. The van der Waals surface area contributed by atoms with E-state index in [9.17, 15) is 5.11 Å². The van der Waals surface area contributed by atoms with Crippen LogP contribution in [0.3, 0.4) is 0 Å². The quantitative estimate of drug-likeness (QED) is 0.0733. The van der Waals surface area contributed by atoms with Crippen LogP contribution in [0.4, 0.5) is 0 Å². The van der Waals surface area contributed by atoms with E-state index in [1.54, 1.807) is 0 Å². The SMILES string of the molecule is CCCCC/C=C\C/C=C\CCCCCCC[C@@H](C)CN(CCCO)CCC(CCCC)CCCCCC. The number of allylic oxidation sites excluding steroid dienone is 4. The fourth-order valence-corrected chi connectivity index (χ4v) is 5.58. The van der Waals surface area contributed by atoms with Gasteiger partial charge in [-0.25, -0.2) is 0 Å². The molecule has 0 saturated heterocycles. The van der Waals surface area contributed by atoms with Crippen LogP contribution in [0.15, 0.2) is 24.3 Å². The summed E-state index contributed by atoms with van der Waals surface area (Å²) in [6, 6.07) is 0. The Kier molecular flexibility index (Phi) is 30.4. The van der Waals surface area contributed by atoms with Crippen LogP contribution in [-0.2, 0) is 0 Å². The molecule has 0 spiro atoms. The first-order valence-corrected chi connectivity index (χ1v) is 17.3. The fraction of sp³-hybridized carbons (Fsp3) is 0.889. The molecule has 0 aliphatic rings. The molecule has 0 rings (SSSR count). The Bertz CT molecular complexity index is 500. The number of aliphatic hydroxyl groups is 1. The van der Waals surface area contributed by atoms with Crippen LogP contribution in [0.5, 0.6) is 0 Å². The number of hydrogen-bond acceptors (Lipinski definition) is 2. The molecule has 2 heteroatoms. The molecule has 0 aliphatic heterocycles. The van der Waals surface area contributed by atoms with E-state index in [1.165, 1.54) is 142 Å². The summed E-state index contributed by atoms with van der Waals surface area (Å²) in [6.45, 7) is 13.2. The minimum Gasteiger partial charge on any atom is -0.396 e. The molecule has 0 bridgehead atoms. The van der Waals surface area contributed by atoms with Crippen molar-refractivity contribution in [2.75, 3.05) is 26.2 Å². The van der Waals surface area contributed by atoms with Gasteiger partial charge in [0.2, 0.25) is 0 Å². The lowest BCUT2D eigenvalue weighted by Crippen LogP contribution is -2.32. The zero-order valence-electron chi connectivity index (χ0n) is 26.7. The van der Waals surface area contributed by atoms with E-state index in [2.05, 4.69) is 56.9 Å². The number of hydrogen-bond donors (Lipinski definition) is 1. The van der Waals surface area contributed by atoms with Crippen LogP contribution in [0, 0.1) is 11.8 Å². The van der Waals surface area contributed by atoms with Gasteiger partial charge in [-0.2, -0.15) is 0 Å². The molecular weight excluding hydrogens is 462 g/mol. The van der Waals surface area contributed by atoms with Crippen LogP contribution in [0.2, 0.25) is 0 Å². The van der Waals surface area contributed by atoms with Crippen molar-refractivity contribution in [3.05, 3.63) is 24.3 Å². The van der Waals surface area contributed by atoms with E-state index in [1.807, 2.05) is 0 Å². The predicted octanol–water partition coefficient (Wildman–Crippen LogP) is 11.3. The molecule has 0 aromatic carbocycles. The lowest BCUT2D eigenvalue weighted by atomic mass is 9.92. The average Bonchev–Trinajstić information content (AvgIpc) is 2.92. The van der Waals surface area contributed by atoms with Crippen LogP contribution in [-0.4, -0.2) is 36.2 Å². The summed E-state index contributed by atoms with van der Waals surface area (Å²) in [5, 5.41) is 9.43. The highest BCUT2D eigenvalue weighted by atomic mass is 16.3. The second kappa shape index (κ2) is 30.9. The maximum atomic E-state index is 9.43. The predicted molar refractivity (Wildman–Crippen MR) is 173 cm³/mol. The van der Waals surface area contributed by atoms with Crippen LogP contribution >= 0.6 is 0 Å². The first kappa shape index (κ1) is 37.4. The number of rotatable bonds is 30. The highest BCUT2D eigenvalue weighted by molar-refractivity contribution is 4.92. The van der Waals surface area contributed by atoms with Gasteiger partial charge in [-0.3, -0.25) is 0 Å². The van der Waals surface area contributed by atoms with Crippen LogP contribution < -0.4 is 0 Å². The Morgan fingerprint density at radius 2 is 1.11 bits per heavy atom. The molecule has 0 aliphatic carbocycles. The smallest absolute Gasteiger partial charge is 0.0443 e. The molecule has 0 radical (unpaired) electrons. The number of aliphatic hydroxyl groups excluding tert-OH is 1. The first-order chi connectivity index (χ1) is 18.7. The fourth-order valence-electron chi connectivity index (χ4n) is 5.58. The van der Waals surface area contributed by atoms with E-state index in [4.69, 9.17) is 0 Å². The van der Waals surface area contributed by atoms with Crippen molar-refractivity contribution in [3.63, 3.8) is 0 Å². The molecule has 0 saturated carbocycles. The minimum atomic E-state index is 0.325.